The number of benzene rings is 1. The van der Waals surface area contributed by atoms with E-state index in [4.69, 9.17) is 15.9 Å². The summed E-state index contributed by atoms with van der Waals surface area (Å²) in [7, 11) is -4.04. The molecule has 5 N–H and O–H groups in total. The number of rotatable bonds is 5. The number of nitrogen functional groups attached to an aromatic ring is 1. The summed E-state index contributed by atoms with van der Waals surface area (Å²) in [5.41, 5.74) is 5.22. The van der Waals surface area contributed by atoms with Crippen molar-refractivity contribution in [1.82, 2.24) is 4.72 Å². The van der Waals surface area contributed by atoms with Gasteiger partial charge in [-0.25, -0.2) is 17.9 Å². The first-order valence-corrected chi connectivity index (χ1v) is 6.52. The molecule has 0 aliphatic heterocycles. The molecule has 0 heterocycles. The van der Waals surface area contributed by atoms with E-state index in [0.717, 1.165) is 12.1 Å². The Hall–Kier alpha value is -1.64. The predicted octanol–water partition coefficient (Wildman–Crippen LogP) is -0.374. The molecule has 1 aromatic rings. The number of nitrogens with one attached hydrogen (secondary N) is 1. The molecule has 8 heteroatoms. The van der Waals surface area contributed by atoms with Gasteiger partial charge in [0.2, 0.25) is 10.0 Å². The van der Waals surface area contributed by atoms with Gasteiger partial charge in [0.05, 0.1) is 17.1 Å². The molecule has 18 heavy (non-hydrogen) atoms. The lowest BCUT2D eigenvalue weighted by Gasteiger charge is -2.13. The van der Waals surface area contributed by atoms with E-state index in [9.17, 15) is 13.2 Å². The minimum absolute atomic E-state index is 0.136. The zero-order chi connectivity index (χ0) is 13.9. The highest BCUT2D eigenvalue weighted by atomic mass is 32.2. The molecule has 0 radical (unpaired) electrons. The first-order chi connectivity index (χ1) is 8.27. The summed E-state index contributed by atoms with van der Waals surface area (Å²) >= 11 is 0. The van der Waals surface area contributed by atoms with Gasteiger partial charge in [0.1, 0.15) is 0 Å². The Bertz CT molecular complexity index is 555. The van der Waals surface area contributed by atoms with E-state index in [-0.39, 0.29) is 11.3 Å². The van der Waals surface area contributed by atoms with Crippen molar-refractivity contribution in [2.45, 2.75) is 17.9 Å². The van der Waals surface area contributed by atoms with Gasteiger partial charge in [0.25, 0.3) is 0 Å². The Labute approximate surface area is 104 Å². The maximum Gasteiger partial charge on any atom is 0.337 e. The number of hydrogen-bond acceptors (Lipinski definition) is 5. The topological polar surface area (TPSA) is 130 Å². The van der Waals surface area contributed by atoms with Crippen LogP contribution < -0.4 is 10.5 Å². The molecule has 0 bridgehead atoms. The van der Waals surface area contributed by atoms with Crippen LogP contribution in [0.15, 0.2) is 23.1 Å². The number of anilines is 1. The Kier molecular flexibility index (Phi) is 4.28. The molecule has 1 rings (SSSR count). The highest BCUT2D eigenvalue weighted by Gasteiger charge is 2.23. The molecule has 0 amide bonds. The standard InChI is InChI=1S/C10H14N2O5S/c1-6(5-13)12-18(16,17)9-4-7(11)2-3-8(9)10(14)15/h2-4,6,12-13H,5,11H2,1H3,(H,14,15)/t6-/m0/s1. The lowest BCUT2D eigenvalue weighted by Crippen LogP contribution is -2.35. The summed E-state index contributed by atoms with van der Waals surface area (Å²) in [6, 6.07) is 2.77. The van der Waals surface area contributed by atoms with Crippen molar-refractivity contribution >= 4 is 21.7 Å². The molecule has 0 unspecified atom stereocenters. The lowest BCUT2D eigenvalue weighted by molar-refractivity contribution is 0.0692. The van der Waals surface area contributed by atoms with E-state index in [0.29, 0.717) is 0 Å². The Morgan fingerprint density at radius 1 is 1.50 bits per heavy atom. The van der Waals surface area contributed by atoms with Crippen LogP contribution in [0.25, 0.3) is 0 Å². The van der Waals surface area contributed by atoms with E-state index < -0.39 is 33.5 Å². The maximum absolute atomic E-state index is 11.9. The molecule has 0 saturated heterocycles. The molecule has 0 saturated carbocycles. The Morgan fingerprint density at radius 2 is 2.11 bits per heavy atom. The Morgan fingerprint density at radius 3 is 2.61 bits per heavy atom. The lowest BCUT2D eigenvalue weighted by atomic mass is 10.2. The van der Waals surface area contributed by atoms with Crippen LogP contribution in [-0.2, 0) is 10.0 Å². The van der Waals surface area contributed by atoms with Crippen molar-refractivity contribution in [2.75, 3.05) is 12.3 Å². The second kappa shape index (κ2) is 5.34. The van der Waals surface area contributed by atoms with Crippen molar-refractivity contribution in [3.63, 3.8) is 0 Å². The number of carbonyl (C=O) groups is 1. The van der Waals surface area contributed by atoms with Gasteiger partial charge >= 0.3 is 5.97 Å². The van der Waals surface area contributed by atoms with Gasteiger partial charge in [-0.2, -0.15) is 0 Å². The predicted molar refractivity (Wildman–Crippen MR) is 64.7 cm³/mol. The van der Waals surface area contributed by atoms with Gasteiger partial charge in [-0.3, -0.25) is 0 Å². The van der Waals surface area contributed by atoms with Crippen LogP contribution in [0.2, 0.25) is 0 Å². The number of nitrogens with two attached hydrogens (primary N) is 1. The van der Waals surface area contributed by atoms with Crippen molar-refractivity contribution in [3.8, 4) is 0 Å². The summed E-state index contributed by atoms with van der Waals surface area (Å²) in [5, 5.41) is 17.7. The zero-order valence-electron chi connectivity index (χ0n) is 9.62. The number of carboxylic acids is 1. The van der Waals surface area contributed by atoms with Crippen LogP contribution in [0.1, 0.15) is 17.3 Å². The van der Waals surface area contributed by atoms with Crippen molar-refractivity contribution in [3.05, 3.63) is 23.8 Å². The third-order valence-electron chi connectivity index (χ3n) is 2.16. The average Bonchev–Trinajstić information content (AvgIpc) is 2.27. The van der Waals surface area contributed by atoms with Gasteiger partial charge < -0.3 is 15.9 Å². The van der Waals surface area contributed by atoms with Crippen LogP contribution in [0, 0.1) is 0 Å². The van der Waals surface area contributed by atoms with Crippen LogP contribution in [-0.4, -0.2) is 37.2 Å². The molecule has 0 aliphatic rings. The number of sulfonamides is 1. The maximum atomic E-state index is 11.9. The van der Waals surface area contributed by atoms with Crippen LogP contribution in [0.4, 0.5) is 5.69 Å². The molecular formula is C10H14N2O5S. The first-order valence-electron chi connectivity index (χ1n) is 5.04. The number of aromatic carboxylic acids is 1. The molecule has 0 aliphatic carbocycles. The van der Waals surface area contributed by atoms with Gasteiger partial charge in [-0.1, -0.05) is 0 Å². The normalized spacial score (nSPS) is 13.2. The third kappa shape index (κ3) is 3.19. The fourth-order valence-corrected chi connectivity index (χ4v) is 2.77. The van der Waals surface area contributed by atoms with Gasteiger partial charge in [-0.05, 0) is 25.1 Å². The van der Waals surface area contributed by atoms with E-state index in [1.165, 1.54) is 13.0 Å². The highest BCUT2D eigenvalue weighted by molar-refractivity contribution is 7.89. The highest BCUT2D eigenvalue weighted by Crippen LogP contribution is 2.19. The second-order valence-corrected chi connectivity index (χ2v) is 5.45. The fourth-order valence-electron chi connectivity index (χ4n) is 1.30. The van der Waals surface area contributed by atoms with E-state index >= 15 is 0 Å². The van der Waals surface area contributed by atoms with Gasteiger partial charge in [-0.15, -0.1) is 0 Å². The summed E-state index contributed by atoms with van der Waals surface area (Å²) < 4.78 is 26.0. The van der Waals surface area contributed by atoms with Crippen LogP contribution >= 0.6 is 0 Å². The molecule has 100 valence electrons. The minimum atomic E-state index is -4.04. The molecule has 0 spiro atoms. The van der Waals surface area contributed by atoms with Gasteiger partial charge in [0, 0.05) is 11.7 Å². The third-order valence-corrected chi connectivity index (χ3v) is 3.79. The summed E-state index contributed by atoms with van der Waals surface area (Å²) in [5.74, 6) is -1.37. The second-order valence-electron chi connectivity index (χ2n) is 3.77. The molecule has 0 aromatic heterocycles. The smallest absolute Gasteiger partial charge is 0.337 e. The minimum Gasteiger partial charge on any atom is -0.478 e. The number of aliphatic hydroxyl groups excluding tert-OH is 1. The SMILES string of the molecule is C[C@@H](CO)NS(=O)(=O)c1cc(N)ccc1C(=O)O. The molecular weight excluding hydrogens is 260 g/mol. The van der Waals surface area contributed by atoms with Crippen molar-refractivity contribution in [2.24, 2.45) is 0 Å². The first kappa shape index (κ1) is 14.4. The summed E-state index contributed by atoms with van der Waals surface area (Å²) in [4.78, 5) is 10.5. The Balaban J connectivity index is 3.30. The quantitative estimate of drug-likeness (QED) is 0.542. The number of carboxylic acid groups (broad SMARTS) is 1. The van der Waals surface area contributed by atoms with Crippen LogP contribution in [0.3, 0.4) is 0 Å². The number of aliphatic hydroxyl groups is 1. The van der Waals surface area contributed by atoms with Crippen molar-refractivity contribution in [1.29, 1.82) is 0 Å². The average molecular weight is 274 g/mol. The monoisotopic (exact) mass is 274 g/mol. The fraction of sp³-hybridized carbons (Fsp3) is 0.300. The largest absolute Gasteiger partial charge is 0.478 e. The number of hydrogen-bond donors (Lipinski definition) is 4. The van der Waals surface area contributed by atoms with Crippen molar-refractivity contribution < 1.29 is 23.4 Å². The molecule has 1 aromatic carbocycles. The molecule has 7 nitrogen and oxygen atoms in total. The zero-order valence-corrected chi connectivity index (χ0v) is 10.4. The summed E-state index contributed by atoms with van der Waals surface area (Å²) in [6.07, 6.45) is 0. The summed E-state index contributed by atoms with van der Waals surface area (Å²) in [6.45, 7) is 1.05. The molecule has 1 atom stereocenters. The van der Waals surface area contributed by atoms with Gasteiger partial charge in [0.15, 0.2) is 0 Å². The molecule has 0 fully saturated rings. The van der Waals surface area contributed by atoms with Crippen LogP contribution in [0.5, 0.6) is 0 Å². The van der Waals surface area contributed by atoms with E-state index in [1.807, 2.05) is 0 Å². The van der Waals surface area contributed by atoms with E-state index in [1.54, 1.807) is 0 Å². The van der Waals surface area contributed by atoms with E-state index in [2.05, 4.69) is 4.72 Å².